The van der Waals surface area contributed by atoms with E-state index in [0.717, 1.165) is 16.2 Å². The van der Waals surface area contributed by atoms with Gasteiger partial charge < -0.3 is 0 Å². The van der Waals surface area contributed by atoms with Gasteiger partial charge >= 0.3 is 12.1 Å². The van der Waals surface area contributed by atoms with Crippen LogP contribution in [0.1, 0.15) is 25.7 Å². The lowest BCUT2D eigenvalue weighted by atomic mass is 10.1. The molecule has 0 fully saturated rings. The zero-order valence-electron chi connectivity index (χ0n) is 12.3. The minimum Gasteiger partial charge on any atom is -0.293 e. The Bertz CT molecular complexity index is 830. The molecule has 0 aliphatic carbocycles. The Morgan fingerprint density at radius 1 is 1.12 bits per heavy atom. The third-order valence-corrected chi connectivity index (χ3v) is 4.27. The number of anilines is 1. The van der Waals surface area contributed by atoms with Gasteiger partial charge in [0.2, 0.25) is 5.13 Å². The van der Waals surface area contributed by atoms with E-state index in [1.807, 2.05) is 0 Å². The predicted molar refractivity (Wildman–Crippen MR) is 80.1 cm³/mol. The fourth-order valence-electron chi connectivity index (χ4n) is 2.22. The summed E-state index contributed by atoms with van der Waals surface area (Å²) in [5.41, 5.74) is 0.616. The van der Waals surface area contributed by atoms with Crippen LogP contribution in [0.3, 0.4) is 0 Å². The maximum atomic E-state index is 12.2. The van der Waals surface area contributed by atoms with Crippen molar-refractivity contribution in [2.45, 2.75) is 12.6 Å². The van der Waals surface area contributed by atoms with Crippen molar-refractivity contribution in [1.82, 2.24) is 15.1 Å². The van der Waals surface area contributed by atoms with E-state index in [1.54, 1.807) is 29.6 Å². The second-order valence-electron chi connectivity index (χ2n) is 5.01. The average Bonchev–Trinajstić information content (AvgIpc) is 3.09. The monoisotopic (exact) mass is 370 g/mol. The Labute approximate surface area is 142 Å². The van der Waals surface area contributed by atoms with Gasteiger partial charge in [0.05, 0.1) is 11.1 Å². The van der Waals surface area contributed by atoms with Crippen molar-refractivity contribution in [1.29, 1.82) is 0 Å². The lowest BCUT2D eigenvalue weighted by Crippen LogP contribution is -2.31. The molecule has 0 radical (unpaired) electrons. The maximum Gasteiger partial charge on any atom is 0.471 e. The molecule has 25 heavy (non-hydrogen) atoms. The normalized spacial score (nSPS) is 14.0. The molecule has 1 N–H and O–H groups in total. The third-order valence-electron chi connectivity index (χ3n) is 3.37. The molecule has 0 saturated heterocycles. The summed E-state index contributed by atoms with van der Waals surface area (Å²) in [7, 11) is 0. The standard InChI is InChI=1S/C14H9F3N4O3S/c15-14(16,17)12(24)18-13-20-19-9(25-13)5-6-21-10(22)7-3-1-2-4-8(7)11(21)23/h1-4H,5-6H2,(H,18,20,24). The van der Waals surface area contributed by atoms with Crippen molar-refractivity contribution in [3.05, 3.63) is 40.4 Å². The second kappa shape index (κ2) is 6.24. The summed E-state index contributed by atoms with van der Waals surface area (Å²) in [5.74, 6) is -3.01. The van der Waals surface area contributed by atoms with Crippen LogP contribution in [0.4, 0.5) is 18.3 Å². The van der Waals surface area contributed by atoms with Gasteiger partial charge in [-0.2, -0.15) is 13.2 Å². The molecule has 0 atom stereocenters. The maximum absolute atomic E-state index is 12.2. The van der Waals surface area contributed by atoms with Gasteiger partial charge in [0, 0.05) is 13.0 Å². The number of hydrogen-bond acceptors (Lipinski definition) is 6. The predicted octanol–water partition coefficient (Wildman–Crippen LogP) is 1.88. The van der Waals surface area contributed by atoms with E-state index >= 15 is 0 Å². The number of imide groups is 1. The van der Waals surface area contributed by atoms with Gasteiger partial charge in [-0.15, -0.1) is 10.2 Å². The fraction of sp³-hybridized carbons (Fsp3) is 0.214. The highest BCUT2D eigenvalue weighted by Crippen LogP contribution is 2.24. The summed E-state index contributed by atoms with van der Waals surface area (Å²) in [4.78, 5) is 36.2. The molecule has 3 rings (SSSR count). The van der Waals surface area contributed by atoms with Crippen LogP contribution in [0.2, 0.25) is 0 Å². The molecule has 3 amide bonds. The minimum absolute atomic E-state index is 0.00813. The molecule has 0 spiro atoms. The quantitative estimate of drug-likeness (QED) is 0.830. The first-order valence-electron chi connectivity index (χ1n) is 6.93. The highest BCUT2D eigenvalue weighted by molar-refractivity contribution is 7.15. The van der Waals surface area contributed by atoms with Crippen LogP contribution in [0.15, 0.2) is 24.3 Å². The van der Waals surface area contributed by atoms with Crippen LogP contribution in [0.5, 0.6) is 0 Å². The molecule has 11 heteroatoms. The molecule has 1 aromatic carbocycles. The number of carbonyl (C=O) groups excluding carboxylic acids is 3. The topological polar surface area (TPSA) is 92.3 Å². The van der Waals surface area contributed by atoms with Crippen molar-refractivity contribution < 1.29 is 27.6 Å². The van der Waals surface area contributed by atoms with Gasteiger partial charge in [0.25, 0.3) is 11.8 Å². The molecule has 130 valence electrons. The van der Waals surface area contributed by atoms with Crippen molar-refractivity contribution >= 4 is 34.2 Å². The van der Waals surface area contributed by atoms with Gasteiger partial charge in [0.1, 0.15) is 5.01 Å². The number of rotatable bonds is 4. The van der Waals surface area contributed by atoms with Gasteiger partial charge in [-0.25, -0.2) is 0 Å². The van der Waals surface area contributed by atoms with Crippen LogP contribution in [-0.2, 0) is 11.2 Å². The molecule has 2 heterocycles. The highest BCUT2D eigenvalue weighted by Gasteiger charge is 2.39. The summed E-state index contributed by atoms with van der Waals surface area (Å²) in [6.45, 7) is 0.00813. The summed E-state index contributed by atoms with van der Waals surface area (Å²) in [5, 5.41) is 8.67. The lowest BCUT2D eigenvalue weighted by molar-refractivity contribution is -0.167. The number of fused-ring (bicyclic) bond motifs is 1. The van der Waals surface area contributed by atoms with Gasteiger partial charge in [-0.1, -0.05) is 23.5 Å². The highest BCUT2D eigenvalue weighted by atomic mass is 32.1. The molecule has 0 unspecified atom stereocenters. The summed E-state index contributed by atoms with van der Waals surface area (Å²) >= 11 is 0.744. The van der Waals surface area contributed by atoms with Gasteiger partial charge in [-0.3, -0.25) is 24.6 Å². The first-order chi connectivity index (χ1) is 11.8. The van der Waals surface area contributed by atoms with Crippen molar-refractivity contribution in [3.8, 4) is 0 Å². The number of alkyl halides is 3. The number of hydrogen-bond donors (Lipinski definition) is 1. The number of halogens is 3. The van der Waals surface area contributed by atoms with E-state index in [1.165, 1.54) is 0 Å². The molecule has 1 aromatic heterocycles. The molecule has 0 bridgehead atoms. The number of benzene rings is 1. The fourth-order valence-corrected chi connectivity index (χ4v) is 2.95. The van der Waals surface area contributed by atoms with Crippen LogP contribution in [-0.4, -0.2) is 45.5 Å². The van der Waals surface area contributed by atoms with Crippen molar-refractivity contribution in [2.75, 3.05) is 11.9 Å². The largest absolute Gasteiger partial charge is 0.471 e. The molecule has 0 saturated carbocycles. The van der Waals surface area contributed by atoms with E-state index in [2.05, 4.69) is 10.2 Å². The van der Waals surface area contributed by atoms with Crippen LogP contribution < -0.4 is 5.32 Å². The van der Waals surface area contributed by atoms with E-state index in [9.17, 15) is 27.6 Å². The van der Waals surface area contributed by atoms with Gasteiger partial charge in [-0.05, 0) is 12.1 Å². The van der Waals surface area contributed by atoms with Crippen LogP contribution in [0.25, 0.3) is 0 Å². The van der Waals surface area contributed by atoms with E-state index < -0.39 is 23.9 Å². The Morgan fingerprint density at radius 2 is 1.72 bits per heavy atom. The molecular formula is C14H9F3N4O3S. The van der Waals surface area contributed by atoms with E-state index in [4.69, 9.17) is 0 Å². The molecule has 1 aliphatic rings. The first-order valence-corrected chi connectivity index (χ1v) is 7.75. The first kappa shape index (κ1) is 17.0. The summed E-state index contributed by atoms with van der Waals surface area (Å²) in [6.07, 6.45) is -4.91. The molecular weight excluding hydrogens is 361 g/mol. The molecule has 2 aromatic rings. The molecule has 7 nitrogen and oxygen atoms in total. The zero-order valence-corrected chi connectivity index (χ0v) is 13.1. The van der Waals surface area contributed by atoms with Crippen LogP contribution in [0, 0.1) is 0 Å². The van der Waals surface area contributed by atoms with Crippen molar-refractivity contribution in [2.24, 2.45) is 0 Å². The number of amides is 3. The second-order valence-corrected chi connectivity index (χ2v) is 6.07. The Hall–Kier alpha value is -2.82. The Balaban J connectivity index is 1.63. The summed E-state index contributed by atoms with van der Waals surface area (Å²) < 4.78 is 36.5. The number of nitrogens with zero attached hydrogens (tertiary/aromatic N) is 3. The zero-order chi connectivity index (χ0) is 18.2. The average molecular weight is 370 g/mol. The number of carbonyl (C=O) groups is 3. The van der Waals surface area contributed by atoms with Gasteiger partial charge in [0.15, 0.2) is 0 Å². The van der Waals surface area contributed by atoms with E-state index in [0.29, 0.717) is 11.1 Å². The molecule has 1 aliphatic heterocycles. The van der Waals surface area contributed by atoms with Crippen LogP contribution >= 0.6 is 11.3 Å². The Kier molecular flexibility index (Phi) is 4.25. The lowest BCUT2D eigenvalue weighted by Gasteiger charge is -2.12. The summed E-state index contributed by atoms with van der Waals surface area (Å²) in [6, 6.07) is 6.39. The Morgan fingerprint density at radius 3 is 2.28 bits per heavy atom. The third kappa shape index (κ3) is 3.36. The van der Waals surface area contributed by atoms with Crippen molar-refractivity contribution in [3.63, 3.8) is 0 Å². The van der Waals surface area contributed by atoms with E-state index in [-0.39, 0.29) is 23.1 Å². The smallest absolute Gasteiger partial charge is 0.293 e. The number of nitrogens with one attached hydrogen (secondary N) is 1. The SMILES string of the molecule is O=C1c2ccccc2C(=O)N1CCc1nnc(NC(=O)C(F)(F)F)s1. The minimum atomic E-state index is -5.02. The number of aromatic nitrogens is 2.